The second kappa shape index (κ2) is 6.36. The van der Waals surface area contributed by atoms with Crippen LogP contribution in [0.25, 0.3) is 0 Å². The molecule has 0 spiro atoms. The highest BCUT2D eigenvalue weighted by atomic mass is 79.9. The first kappa shape index (κ1) is 13.7. The minimum Gasteiger partial charge on any atom is -0.327 e. The zero-order valence-corrected chi connectivity index (χ0v) is 11.4. The van der Waals surface area contributed by atoms with Gasteiger partial charge in [-0.25, -0.2) is 4.39 Å². The van der Waals surface area contributed by atoms with E-state index in [1.165, 1.54) is 6.07 Å². The van der Waals surface area contributed by atoms with Gasteiger partial charge < -0.3 is 5.73 Å². The Balaban J connectivity index is 2.75. The van der Waals surface area contributed by atoms with E-state index in [4.69, 9.17) is 5.73 Å². The minimum absolute atomic E-state index is 0.105. The van der Waals surface area contributed by atoms with Gasteiger partial charge in [-0.05, 0) is 36.1 Å². The summed E-state index contributed by atoms with van der Waals surface area (Å²) in [5.74, 6) is 0.310. The van der Waals surface area contributed by atoms with Crippen molar-refractivity contribution in [3.8, 4) is 0 Å². The first-order valence-corrected chi connectivity index (χ1v) is 6.57. The molecule has 1 unspecified atom stereocenters. The lowest BCUT2D eigenvalue weighted by Crippen LogP contribution is -2.31. The maximum Gasteiger partial charge on any atom is 0.123 e. The normalized spacial score (nSPS) is 13.1. The fourth-order valence-electron chi connectivity index (χ4n) is 2.01. The van der Waals surface area contributed by atoms with E-state index in [-0.39, 0.29) is 11.9 Å². The molecule has 1 aromatic carbocycles. The second-order valence-electron chi connectivity index (χ2n) is 4.18. The molecule has 2 N–H and O–H groups in total. The van der Waals surface area contributed by atoms with Crippen molar-refractivity contribution in [1.82, 2.24) is 0 Å². The van der Waals surface area contributed by atoms with Crippen molar-refractivity contribution >= 4 is 15.9 Å². The Morgan fingerprint density at radius 3 is 2.50 bits per heavy atom. The Bertz CT molecular complexity index is 337. The van der Waals surface area contributed by atoms with Crippen molar-refractivity contribution in [3.05, 3.63) is 34.1 Å². The van der Waals surface area contributed by atoms with Gasteiger partial charge in [-0.15, -0.1) is 0 Å². The van der Waals surface area contributed by atoms with Crippen LogP contribution in [0.1, 0.15) is 32.3 Å². The van der Waals surface area contributed by atoms with Crippen molar-refractivity contribution in [3.63, 3.8) is 0 Å². The molecule has 0 bridgehead atoms. The van der Waals surface area contributed by atoms with E-state index >= 15 is 0 Å². The predicted molar refractivity (Wildman–Crippen MR) is 69.9 cm³/mol. The van der Waals surface area contributed by atoms with Gasteiger partial charge in [0.05, 0.1) is 0 Å². The number of hydrogen-bond acceptors (Lipinski definition) is 1. The van der Waals surface area contributed by atoms with Gasteiger partial charge in [-0.1, -0.05) is 42.6 Å². The summed E-state index contributed by atoms with van der Waals surface area (Å²) in [7, 11) is 0. The van der Waals surface area contributed by atoms with E-state index in [1.807, 2.05) is 0 Å². The number of hydrogen-bond donors (Lipinski definition) is 1. The van der Waals surface area contributed by atoms with E-state index < -0.39 is 0 Å². The molecule has 0 heterocycles. The number of rotatable bonds is 5. The monoisotopic (exact) mass is 287 g/mol. The molecule has 3 heteroatoms. The number of nitrogens with two attached hydrogens (primary N) is 1. The standard InChI is InChI=1S/C13H19BrFN/c1-3-9(4-2)13(16)8-10-7-11(15)5-6-12(10)14/h5-7,9,13H,3-4,8,16H2,1-2H3. The molecule has 16 heavy (non-hydrogen) atoms. The van der Waals surface area contributed by atoms with Gasteiger partial charge in [0.2, 0.25) is 0 Å². The highest BCUT2D eigenvalue weighted by Crippen LogP contribution is 2.22. The molecule has 0 aliphatic carbocycles. The zero-order chi connectivity index (χ0) is 12.1. The topological polar surface area (TPSA) is 26.0 Å². The lowest BCUT2D eigenvalue weighted by molar-refractivity contribution is 0.393. The van der Waals surface area contributed by atoms with Crippen molar-refractivity contribution < 1.29 is 4.39 Å². The van der Waals surface area contributed by atoms with Crippen molar-refractivity contribution in [2.75, 3.05) is 0 Å². The van der Waals surface area contributed by atoms with E-state index in [0.29, 0.717) is 5.92 Å². The van der Waals surface area contributed by atoms with Crippen LogP contribution in [0.15, 0.2) is 22.7 Å². The van der Waals surface area contributed by atoms with Crippen molar-refractivity contribution in [1.29, 1.82) is 0 Å². The molecule has 1 rings (SSSR count). The molecule has 1 nitrogen and oxygen atoms in total. The Labute approximate surface area is 105 Å². The molecule has 0 radical (unpaired) electrons. The first-order valence-electron chi connectivity index (χ1n) is 5.78. The fraction of sp³-hybridized carbons (Fsp3) is 0.538. The van der Waals surface area contributed by atoms with Gasteiger partial charge in [0, 0.05) is 10.5 Å². The zero-order valence-electron chi connectivity index (χ0n) is 9.84. The lowest BCUT2D eigenvalue weighted by Gasteiger charge is -2.21. The minimum atomic E-state index is -0.199. The molecule has 0 aromatic heterocycles. The van der Waals surface area contributed by atoms with Gasteiger partial charge >= 0.3 is 0 Å². The second-order valence-corrected chi connectivity index (χ2v) is 5.03. The molecule has 1 atom stereocenters. The fourth-order valence-corrected chi connectivity index (χ4v) is 2.42. The van der Waals surface area contributed by atoms with Gasteiger partial charge in [0.15, 0.2) is 0 Å². The van der Waals surface area contributed by atoms with Gasteiger partial charge in [-0.3, -0.25) is 0 Å². The Kier molecular flexibility index (Phi) is 5.42. The van der Waals surface area contributed by atoms with Crippen LogP contribution in [0.2, 0.25) is 0 Å². The summed E-state index contributed by atoms with van der Waals surface area (Å²) in [4.78, 5) is 0. The lowest BCUT2D eigenvalue weighted by atomic mass is 9.90. The van der Waals surface area contributed by atoms with Crippen LogP contribution in [-0.2, 0) is 6.42 Å². The summed E-state index contributed by atoms with van der Waals surface area (Å²) >= 11 is 3.43. The summed E-state index contributed by atoms with van der Waals surface area (Å²) < 4.78 is 14.0. The van der Waals surface area contributed by atoms with Crippen LogP contribution in [-0.4, -0.2) is 6.04 Å². The summed E-state index contributed by atoms with van der Waals surface area (Å²) in [6, 6.07) is 4.86. The number of halogens is 2. The van der Waals surface area contributed by atoms with E-state index in [2.05, 4.69) is 29.8 Å². The molecule has 0 amide bonds. The molecular formula is C13H19BrFN. The molecule has 0 saturated heterocycles. The average molecular weight is 288 g/mol. The quantitative estimate of drug-likeness (QED) is 0.874. The van der Waals surface area contributed by atoms with Gasteiger partial charge in [0.1, 0.15) is 5.82 Å². The van der Waals surface area contributed by atoms with E-state index in [1.54, 1.807) is 12.1 Å². The Morgan fingerprint density at radius 1 is 1.31 bits per heavy atom. The maximum atomic E-state index is 13.1. The van der Waals surface area contributed by atoms with Crippen LogP contribution in [0, 0.1) is 11.7 Å². The predicted octanol–water partition coefficient (Wildman–Crippen LogP) is 3.89. The molecule has 0 saturated carbocycles. The van der Waals surface area contributed by atoms with E-state index in [0.717, 1.165) is 29.3 Å². The molecular weight excluding hydrogens is 269 g/mol. The highest BCUT2D eigenvalue weighted by molar-refractivity contribution is 9.10. The van der Waals surface area contributed by atoms with Crippen LogP contribution in [0.4, 0.5) is 4.39 Å². The maximum absolute atomic E-state index is 13.1. The average Bonchev–Trinajstić information content (AvgIpc) is 2.25. The van der Waals surface area contributed by atoms with Crippen molar-refractivity contribution in [2.24, 2.45) is 11.7 Å². The van der Waals surface area contributed by atoms with Crippen molar-refractivity contribution in [2.45, 2.75) is 39.2 Å². The Hall–Kier alpha value is -0.410. The summed E-state index contributed by atoms with van der Waals surface area (Å²) in [6.45, 7) is 4.29. The smallest absolute Gasteiger partial charge is 0.123 e. The van der Waals surface area contributed by atoms with Gasteiger partial charge in [0.25, 0.3) is 0 Å². The highest BCUT2D eigenvalue weighted by Gasteiger charge is 2.15. The largest absolute Gasteiger partial charge is 0.327 e. The third kappa shape index (κ3) is 3.56. The van der Waals surface area contributed by atoms with Gasteiger partial charge in [-0.2, -0.15) is 0 Å². The van der Waals surface area contributed by atoms with Crippen LogP contribution < -0.4 is 5.73 Å². The van der Waals surface area contributed by atoms with Crippen LogP contribution in [0.5, 0.6) is 0 Å². The first-order chi connectivity index (χ1) is 7.58. The molecule has 0 aliphatic heterocycles. The van der Waals surface area contributed by atoms with Crippen LogP contribution >= 0.6 is 15.9 Å². The summed E-state index contributed by atoms with van der Waals surface area (Å²) in [5.41, 5.74) is 7.10. The molecule has 0 fully saturated rings. The third-order valence-corrected chi connectivity index (χ3v) is 3.89. The third-order valence-electron chi connectivity index (χ3n) is 3.12. The molecule has 0 aliphatic rings. The molecule has 90 valence electrons. The number of benzene rings is 1. The van der Waals surface area contributed by atoms with Crippen LogP contribution in [0.3, 0.4) is 0 Å². The Morgan fingerprint density at radius 2 is 1.94 bits per heavy atom. The SMILES string of the molecule is CCC(CC)C(N)Cc1cc(F)ccc1Br. The molecule has 1 aromatic rings. The summed E-state index contributed by atoms with van der Waals surface area (Å²) in [6.07, 6.45) is 2.87. The summed E-state index contributed by atoms with van der Waals surface area (Å²) in [5, 5.41) is 0. The van der Waals surface area contributed by atoms with E-state index in [9.17, 15) is 4.39 Å².